The van der Waals surface area contributed by atoms with Crippen molar-refractivity contribution in [2.24, 2.45) is 0 Å². The van der Waals surface area contributed by atoms with Crippen LogP contribution in [0.1, 0.15) is 12.5 Å². The maximum atomic E-state index is 11.8. The Bertz CT molecular complexity index is 638. The average Bonchev–Trinajstić information content (AvgIpc) is 2.84. The molecule has 0 spiro atoms. The van der Waals surface area contributed by atoms with E-state index in [9.17, 15) is 9.59 Å². The maximum absolute atomic E-state index is 11.8. The van der Waals surface area contributed by atoms with Crippen LogP contribution in [0.4, 0.5) is 5.82 Å². The lowest BCUT2D eigenvalue weighted by Gasteiger charge is -2.05. The van der Waals surface area contributed by atoms with Gasteiger partial charge in [0.05, 0.1) is 6.20 Å². The normalized spacial score (nSPS) is 10.2. The van der Waals surface area contributed by atoms with Gasteiger partial charge in [0.1, 0.15) is 6.54 Å². The summed E-state index contributed by atoms with van der Waals surface area (Å²) in [6, 6.07) is 7.21. The highest BCUT2D eigenvalue weighted by Crippen LogP contribution is 2.09. The zero-order chi connectivity index (χ0) is 15.2. The number of aromatic nitrogens is 3. The predicted molar refractivity (Wildman–Crippen MR) is 77.6 cm³/mol. The highest BCUT2D eigenvalue weighted by Gasteiger charge is 2.06. The minimum absolute atomic E-state index is 0.0280. The summed E-state index contributed by atoms with van der Waals surface area (Å²) >= 11 is 5.78. The van der Waals surface area contributed by atoms with E-state index in [4.69, 9.17) is 11.6 Å². The molecule has 0 aliphatic rings. The molecule has 0 bridgehead atoms. The largest absolute Gasteiger partial charge is 0.350 e. The van der Waals surface area contributed by atoms with Crippen molar-refractivity contribution in [1.29, 1.82) is 0 Å². The molecule has 21 heavy (non-hydrogen) atoms. The van der Waals surface area contributed by atoms with Crippen molar-refractivity contribution < 1.29 is 9.59 Å². The lowest BCUT2D eigenvalue weighted by molar-refractivity contribution is -0.122. The summed E-state index contributed by atoms with van der Waals surface area (Å²) in [7, 11) is 0. The van der Waals surface area contributed by atoms with E-state index in [0.717, 1.165) is 5.56 Å². The Hall–Kier alpha value is -2.41. The van der Waals surface area contributed by atoms with Crippen molar-refractivity contribution in [2.75, 3.05) is 5.32 Å². The van der Waals surface area contributed by atoms with E-state index in [-0.39, 0.29) is 18.4 Å². The van der Waals surface area contributed by atoms with E-state index in [1.54, 1.807) is 12.1 Å². The summed E-state index contributed by atoms with van der Waals surface area (Å²) < 4.78 is 1.35. The molecular formula is C13H14ClN5O2. The molecule has 1 aromatic heterocycles. The van der Waals surface area contributed by atoms with Gasteiger partial charge in [-0.05, 0) is 17.7 Å². The number of hydrogen-bond acceptors (Lipinski definition) is 4. The SMILES string of the molecule is CC(=O)Nc1cn(CC(=O)NCc2ccc(Cl)cc2)nn1. The Kier molecular flexibility index (Phi) is 4.89. The fourth-order valence-electron chi connectivity index (χ4n) is 1.62. The molecule has 0 saturated heterocycles. The third kappa shape index (κ3) is 4.88. The number of rotatable bonds is 5. The Labute approximate surface area is 126 Å². The molecular weight excluding hydrogens is 294 g/mol. The maximum Gasteiger partial charge on any atom is 0.242 e. The lowest BCUT2D eigenvalue weighted by atomic mass is 10.2. The first-order valence-corrected chi connectivity index (χ1v) is 6.59. The van der Waals surface area contributed by atoms with Gasteiger partial charge in [0, 0.05) is 18.5 Å². The monoisotopic (exact) mass is 307 g/mol. The van der Waals surface area contributed by atoms with Crippen molar-refractivity contribution in [1.82, 2.24) is 20.3 Å². The molecule has 0 saturated carbocycles. The van der Waals surface area contributed by atoms with Crippen LogP contribution in [0, 0.1) is 0 Å². The molecule has 0 fully saturated rings. The van der Waals surface area contributed by atoms with Crippen LogP contribution in [0.15, 0.2) is 30.5 Å². The van der Waals surface area contributed by atoms with Crippen molar-refractivity contribution in [3.05, 3.63) is 41.0 Å². The van der Waals surface area contributed by atoms with Gasteiger partial charge in [0.15, 0.2) is 5.82 Å². The first-order chi connectivity index (χ1) is 10.0. The number of anilines is 1. The fraction of sp³-hybridized carbons (Fsp3) is 0.231. The summed E-state index contributed by atoms with van der Waals surface area (Å²) in [5.41, 5.74) is 0.949. The van der Waals surface area contributed by atoms with Gasteiger partial charge in [-0.1, -0.05) is 28.9 Å². The average molecular weight is 308 g/mol. The number of halogens is 1. The molecule has 110 valence electrons. The van der Waals surface area contributed by atoms with Crippen LogP contribution < -0.4 is 10.6 Å². The Morgan fingerprint density at radius 3 is 2.67 bits per heavy atom. The third-order valence-corrected chi connectivity index (χ3v) is 2.80. The minimum atomic E-state index is -0.241. The number of carbonyl (C=O) groups excluding carboxylic acids is 2. The van der Waals surface area contributed by atoms with Crippen molar-refractivity contribution in [3.63, 3.8) is 0 Å². The zero-order valence-electron chi connectivity index (χ0n) is 11.3. The lowest BCUT2D eigenvalue weighted by Crippen LogP contribution is -2.27. The van der Waals surface area contributed by atoms with Crippen molar-refractivity contribution >= 4 is 29.2 Å². The molecule has 1 heterocycles. The smallest absolute Gasteiger partial charge is 0.242 e. The molecule has 2 rings (SSSR count). The summed E-state index contributed by atoms with van der Waals surface area (Å²) in [5, 5.41) is 13.4. The Balaban J connectivity index is 1.82. The standard InChI is InChI=1S/C13H14ClN5O2/c1-9(20)16-12-7-19(18-17-12)8-13(21)15-6-10-2-4-11(14)5-3-10/h2-5,7H,6,8H2,1H3,(H,15,21)(H,16,20). The van der Waals surface area contributed by atoms with Crippen LogP contribution in [-0.4, -0.2) is 26.8 Å². The van der Waals surface area contributed by atoms with Gasteiger partial charge >= 0.3 is 0 Å². The van der Waals surface area contributed by atoms with E-state index in [0.29, 0.717) is 17.4 Å². The summed E-state index contributed by atoms with van der Waals surface area (Å²) in [6.07, 6.45) is 1.49. The van der Waals surface area contributed by atoms with Gasteiger partial charge in [-0.2, -0.15) is 0 Å². The van der Waals surface area contributed by atoms with Gasteiger partial charge < -0.3 is 10.6 Å². The minimum Gasteiger partial charge on any atom is -0.350 e. The van der Waals surface area contributed by atoms with Gasteiger partial charge in [0.2, 0.25) is 11.8 Å². The van der Waals surface area contributed by atoms with Crippen LogP contribution in [0.25, 0.3) is 0 Å². The zero-order valence-corrected chi connectivity index (χ0v) is 12.1. The molecule has 0 unspecified atom stereocenters. The number of nitrogens with zero attached hydrogens (tertiary/aromatic N) is 3. The second-order valence-corrected chi connectivity index (χ2v) is 4.82. The summed E-state index contributed by atoms with van der Waals surface area (Å²) in [6.45, 7) is 1.81. The molecule has 8 heteroatoms. The fourth-order valence-corrected chi connectivity index (χ4v) is 1.75. The van der Waals surface area contributed by atoms with E-state index >= 15 is 0 Å². The molecule has 0 aliphatic carbocycles. The molecule has 2 amide bonds. The first kappa shape index (κ1) is 15.0. The Morgan fingerprint density at radius 2 is 2.00 bits per heavy atom. The molecule has 2 aromatic rings. The van der Waals surface area contributed by atoms with E-state index in [2.05, 4.69) is 20.9 Å². The highest BCUT2D eigenvalue weighted by molar-refractivity contribution is 6.30. The van der Waals surface area contributed by atoms with Gasteiger partial charge in [-0.3, -0.25) is 9.59 Å². The predicted octanol–water partition coefficient (Wildman–Crippen LogP) is 1.21. The Morgan fingerprint density at radius 1 is 1.29 bits per heavy atom. The van der Waals surface area contributed by atoms with Gasteiger partial charge in [0.25, 0.3) is 0 Å². The molecule has 0 atom stereocenters. The van der Waals surface area contributed by atoms with Gasteiger partial charge in [-0.25, -0.2) is 4.68 Å². The molecule has 1 aromatic carbocycles. The summed E-state index contributed by atoms with van der Waals surface area (Å²) in [5.74, 6) is -0.133. The second kappa shape index (κ2) is 6.85. The van der Waals surface area contributed by atoms with Crippen molar-refractivity contribution in [2.45, 2.75) is 20.0 Å². The van der Waals surface area contributed by atoms with Crippen LogP contribution in [0.2, 0.25) is 5.02 Å². The third-order valence-electron chi connectivity index (χ3n) is 2.55. The van der Waals surface area contributed by atoms with Crippen LogP contribution in [-0.2, 0) is 22.7 Å². The highest BCUT2D eigenvalue weighted by atomic mass is 35.5. The summed E-state index contributed by atoms with van der Waals surface area (Å²) in [4.78, 5) is 22.6. The molecule has 7 nitrogen and oxygen atoms in total. The van der Waals surface area contributed by atoms with Crippen LogP contribution in [0.5, 0.6) is 0 Å². The van der Waals surface area contributed by atoms with Gasteiger partial charge in [-0.15, -0.1) is 5.10 Å². The van der Waals surface area contributed by atoms with Crippen LogP contribution >= 0.6 is 11.6 Å². The number of amides is 2. The van der Waals surface area contributed by atoms with E-state index < -0.39 is 0 Å². The van der Waals surface area contributed by atoms with E-state index in [1.807, 2.05) is 12.1 Å². The number of carbonyl (C=O) groups is 2. The van der Waals surface area contributed by atoms with E-state index in [1.165, 1.54) is 17.8 Å². The number of nitrogens with one attached hydrogen (secondary N) is 2. The topological polar surface area (TPSA) is 88.9 Å². The molecule has 2 N–H and O–H groups in total. The quantitative estimate of drug-likeness (QED) is 0.869. The first-order valence-electron chi connectivity index (χ1n) is 6.22. The van der Waals surface area contributed by atoms with Crippen molar-refractivity contribution in [3.8, 4) is 0 Å². The second-order valence-electron chi connectivity index (χ2n) is 4.39. The number of benzene rings is 1. The molecule has 0 aliphatic heterocycles. The van der Waals surface area contributed by atoms with Crippen LogP contribution in [0.3, 0.4) is 0 Å². The number of hydrogen-bond donors (Lipinski definition) is 2. The molecule has 0 radical (unpaired) electrons.